The minimum absolute atomic E-state index is 0.0261. The van der Waals surface area contributed by atoms with Crippen LogP contribution in [0.3, 0.4) is 0 Å². The zero-order chi connectivity index (χ0) is 52.7. The number of hydrogen-bond donors (Lipinski definition) is 3. The second-order valence-electron chi connectivity index (χ2n) is 22.9. The highest BCUT2D eigenvalue weighted by molar-refractivity contribution is 5.76. The monoisotopic (exact) mass is 1020 g/mol. The number of carbonyl (C=O) groups is 1. The fourth-order valence-corrected chi connectivity index (χ4v) is 10.6. The Bertz CT molecular complexity index is 1160. The van der Waals surface area contributed by atoms with E-state index >= 15 is 0 Å². The van der Waals surface area contributed by atoms with Gasteiger partial charge in [0.05, 0.1) is 18.8 Å². The molecule has 0 aliphatic rings. The van der Waals surface area contributed by atoms with Crippen molar-refractivity contribution >= 4 is 5.91 Å². The van der Waals surface area contributed by atoms with Crippen molar-refractivity contribution < 1.29 is 15.0 Å². The molecule has 0 aliphatic heterocycles. The average molecular weight is 1020 g/mol. The number of amides is 1. The fourth-order valence-electron chi connectivity index (χ4n) is 10.6. The van der Waals surface area contributed by atoms with Crippen molar-refractivity contribution in [3.63, 3.8) is 0 Å². The summed E-state index contributed by atoms with van der Waals surface area (Å²) in [6, 6.07) is -0.539. The van der Waals surface area contributed by atoms with Crippen molar-refractivity contribution in [2.75, 3.05) is 6.61 Å². The van der Waals surface area contributed by atoms with E-state index < -0.39 is 12.1 Å². The number of unbranched alkanes of at least 4 members (excludes halogenated alkanes) is 47. The van der Waals surface area contributed by atoms with Crippen LogP contribution in [-0.2, 0) is 4.79 Å². The van der Waals surface area contributed by atoms with Gasteiger partial charge < -0.3 is 15.5 Å². The number of hydrogen-bond acceptors (Lipinski definition) is 3. The maximum Gasteiger partial charge on any atom is 0.220 e. The summed E-state index contributed by atoms with van der Waals surface area (Å²) in [5.41, 5.74) is 0. The number of nitrogens with one attached hydrogen (secondary N) is 1. The van der Waals surface area contributed by atoms with Crippen LogP contribution in [0.15, 0.2) is 48.6 Å². The first kappa shape index (κ1) is 71.3. The molecule has 0 bridgehead atoms. The standard InChI is InChI=1S/C69H131NO3/c1-3-5-7-9-11-13-15-17-19-21-23-25-27-29-31-33-34-35-37-38-40-42-44-46-48-50-52-54-56-58-60-62-64-68(72)67(66-71)70-69(73)65-63-61-59-57-55-53-51-49-47-45-43-41-39-36-32-30-28-26-24-22-20-18-16-14-12-10-8-6-4-2/h6,8,12,14,18,20,24,26,67-68,71-72H,3-5,7,9-11,13,15-17,19,21-23,25,27-66H2,1-2H3,(H,70,73)/b8-6-,14-12-,20-18-,26-24-. The highest BCUT2D eigenvalue weighted by Crippen LogP contribution is 2.19. The molecule has 2 unspecified atom stereocenters. The topological polar surface area (TPSA) is 69.6 Å². The van der Waals surface area contributed by atoms with E-state index in [1.54, 1.807) is 0 Å². The third-order valence-corrected chi connectivity index (χ3v) is 15.6. The molecule has 3 N–H and O–H groups in total. The van der Waals surface area contributed by atoms with E-state index in [0.717, 1.165) is 51.4 Å². The lowest BCUT2D eigenvalue weighted by Gasteiger charge is -2.22. The Balaban J connectivity index is 3.40. The largest absolute Gasteiger partial charge is 0.394 e. The summed E-state index contributed by atoms with van der Waals surface area (Å²) in [6.07, 6.45) is 90.1. The molecule has 73 heavy (non-hydrogen) atoms. The zero-order valence-corrected chi connectivity index (χ0v) is 49.7. The van der Waals surface area contributed by atoms with E-state index in [1.165, 1.54) is 289 Å². The van der Waals surface area contributed by atoms with Crippen molar-refractivity contribution in [2.45, 2.75) is 379 Å². The van der Waals surface area contributed by atoms with E-state index in [1.807, 2.05) is 0 Å². The van der Waals surface area contributed by atoms with Crippen LogP contribution in [0.2, 0.25) is 0 Å². The molecule has 0 heterocycles. The molecular weight excluding hydrogens is 891 g/mol. The van der Waals surface area contributed by atoms with Crippen LogP contribution in [0.1, 0.15) is 367 Å². The smallest absolute Gasteiger partial charge is 0.220 e. The number of rotatable bonds is 62. The first-order chi connectivity index (χ1) is 36.2. The van der Waals surface area contributed by atoms with Crippen LogP contribution < -0.4 is 5.32 Å². The van der Waals surface area contributed by atoms with Crippen molar-refractivity contribution in [1.82, 2.24) is 5.32 Å². The highest BCUT2D eigenvalue weighted by Gasteiger charge is 2.20. The summed E-state index contributed by atoms with van der Waals surface area (Å²) in [5, 5.41) is 23.5. The molecule has 0 radical (unpaired) electrons. The van der Waals surface area contributed by atoms with Gasteiger partial charge in [-0.05, 0) is 51.4 Å². The maximum atomic E-state index is 12.5. The van der Waals surface area contributed by atoms with Gasteiger partial charge in [0.25, 0.3) is 0 Å². The van der Waals surface area contributed by atoms with Crippen LogP contribution in [0.25, 0.3) is 0 Å². The summed E-state index contributed by atoms with van der Waals surface area (Å²) >= 11 is 0. The summed E-state index contributed by atoms with van der Waals surface area (Å²) in [6.45, 7) is 4.29. The predicted molar refractivity (Wildman–Crippen MR) is 327 cm³/mol. The minimum atomic E-state index is -0.662. The predicted octanol–water partition coefficient (Wildman–Crippen LogP) is 22.5. The molecule has 0 saturated heterocycles. The average Bonchev–Trinajstić information content (AvgIpc) is 3.40. The Morgan fingerprint density at radius 2 is 0.603 bits per heavy atom. The number of aliphatic hydroxyl groups excluding tert-OH is 2. The molecule has 0 fully saturated rings. The van der Waals surface area contributed by atoms with Crippen molar-refractivity contribution in [2.24, 2.45) is 0 Å². The van der Waals surface area contributed by atoms with E-state index in [9.17, 15) is 15.0 Å². The van der Waals surface area contributed by atoms with Gasteiger partial charge in [-0.2, -0.15) is 0 Å². The molecule has 2 atom stereocenters. The van der Waals surface area contributed by atoms with Gasteiger partial charge in [0, 0.05) is 6.42 Å². The third kappa shape index (κ3) is 61.1. The Kier molecular flexibility index (Phi) is 63.2. The first-order valence-corrected chi connectivity index (χ1v) is 33.3. The van der Waals surface area contributed by atoms with Crippen LogP contribution in [0.5, 0.6) is 0 Å². The van der Waals surface area contributed by atoms with Crippen LogP contribution in [0.4, 0.5) is 0 Å². The van der Waals surface area contributed by atoms with Gasteiger partial charge in [0.15, 0.2) is 0 Å². The van der Waals surface area contributed by atoms with Crippen molar-refractivity contribution in [1.29, 1.82) is 0 Å². The Morgan fingerprint density at radius 1 is 0.342 bits per heavy atom. The van der Waals surface area contributed by atoms with E-state index in [-0.39, 0.29) is 12.5 Å². The SMILES string of the molecule is CC/C=C\C/C=C\C/C=C\C/C=C\CCCCCCCCCCCCCCCCCCC(=O)NC(CO)C(O)CCCCCCCCCCCCCCCCCCCCCCCCCCCCCCCCCC. The van der Waals surface area contributed by atoms with Gasteiger partial charge in [0.1, 0.15) is 0 Å². The fraction of sp³-hybridized carbons (Fsp3) is 0.870. The van der Waals surface area contributed by atoms with Gasteiger partial charge >= 0.3 is 0 Å². The molecule has 430 valence electrons. The Labute approximate surface area is 458 Å². The number of allylic oxidation sites excluding steroid dienone is 8. The molecule has 0 aromatic rings. The molecule has 4 nitrogen and oxygen atoms in total. The van der Waals surface area contributed by atoms with Crippen molar-refractivity contribution in [3.8, 4) is 0 Å². The van der Waals surface area contributed by atoms with E-state index in [4.69, 9.17) is 0 Å². The highest BCUT2D eigenvalue weighted by atomic mass is 16.3. The van der Waals surface area contributed by atoms with Gasteiger partial charge in [-0.1, -0.05) is 358 Å². The van der Waals surface area contributed by atoms with Gasteiger partial charge in [0.2, 0.25) is 5.91 Å². The molecule has 0 rings (SSSR count). The Morgan fingerprint density at radius 3 is 0.904 bits per heavy atom. The quantitative estimate of drug-likeness (QED) is 0.0420. The molecule has 0 aliphatic carbocycles. The third-order valence-electron chi connectivity index (χ3n) is 15.6. The summed E-state index contributed by atoms with van der Waals surface area (Å²) < 4.78 is 0. The van der Waals surface area contributed by atoms with Crippen molar-refractivity contribution in [3.05, 3.63) is 48.6 Å². The van der Waals surface area contributed by atoms with Gasteiger partial charge in [-0.3, -0.25) is 4.79 Å². The Hall–Kier alpha value is -1.65. The summed E-state index contributed by atoms with van der Waals surface area (Å²) in [5.74, 6) is -0.0261. The lowest BCUT2D eigenvalue weighted by molar-refractivity contribution is -0.123. The van der Waals surface area contributed by atoms with E-state index in [0.29, 0.717) is 12.8 Å². The lowest BCUT2D eigenvalue weighted by atomic mass is 10.0. The minimum Gasteiger partial charge on any atom is -0.394 e. The molecule has 0 aromatic carbocycles. The van der Waals surface area contributed by atoms with Crippen LogP contribution in [0, 0.1) is 0 Å². The molecule has 0 aromatic heterocycles. The molecular formula is C69H131NO3. The molecule has 4 heteroatoms. The molecule has 1 amide bonds. The summed E-state index contributed by atoms with van der Waals surface area (Å²) in [7, 11) is 0. The number of aliphatic hydroxyl groups is 2. The summed E-state index contributed by atoms with van der Waals surface area (Å²) in [4.78, 5) is 12.5. The normalized spacial score (nSPS) is 13.0. The van der Waals surface area contributed by atoms with Gasteiger partial charge in [-0.25, -0.2) is 0 Å². The zero-order valence-electron chi connectivity index (χ0n) is 49.7. The number of carbonyl (C=O) groups excluding carboxylic acids is 1. The van der Waals surface area contributed by atoms with Crippen LogP contribution >= 0.6 is 0 Å². The molecule has 0 saturated carbocycles. The van der Waals surface area contributed by atoms with Crippen LogP contribution in [-0.4, -0.2) is 34.9 Å². The second-order valence-corrected chi connectivity index (χ2v) is 22.9. The van der Waals surface area contributed by atoms with Gasteiger partial charge in [-0.15, -0.1) is 0 Å². The maximum absolute atomic E-state index is 12.5. The van der Waals surface area contributed by atoms with E-state index in [2.05, 4.69) is 67.8 Å². The molecule has 0 spiro atoms. The lowest BCUT2D eigenvalue weighted by Crippen LogP contribution is -2.45. The second kappa shape index (κ2) is 64.6. The first-order valence-electron chi connectivity index (χ1n) is 33.3.